The van der Waals surface area contributed by atoms with E-state index in [9.17, 15) is 4.79 Å². The summed E-state index contributed by atoms with van der Waals surface area (Å²) in [6, 6.07) is 15.2. The summed E-state index contributed by atoms with van der Waals surface area (Å²) in [7, 11) is 0. The second kappa shape index (κ2) is 9.41. The Labute approximate surface area is 203 Å². The Bertz CT molecular complexity index is 1320. The zero-order chi connectivity index (χ0) is 23.7. The Kier molecular flexibility index (Phi) is 6.58. The molecule has 0 aliphatic heterocycles. The second-order valence-corrected chi connectivity index (χ2v) is 8.94. The molecule has 0 fully saturated rings. The summed E-state index contributed by atoms with van der Waals surface area (Å²) in [5.74, 6) is -0.177. The van der Waals surface area contributed by atoms with Gasteiger partial charge in [0.25, 0.3) is 5.91 Å². The molecule has 0 aliphatic rings. The summed E-state index contributed by atoms with van der Waals surface area (Å²) in [6.45, 7) is 8.84. The minimum atomic E-state index is -0.177. The van der Waals surface area contributed by atoms with Gasteiger partial charge in [0.05, 0.1) is 46.6 Å². The first-order valence-electron chi connectivity index (χ1n) is 10.6. The van der Waals surface area contributed by atoms with Crippen molar-refractivity contribution in [1.82, 2.24) is 19.6 Å². The Balaban J connectivity index is 1.47. The first kappa shape index (κ1) is 23.1. The standard InChI is InChI=1S/C25H25Cl2N5O/c1-15-23(27)17(3)31(29-15)13-19-8-10-21(11-9-19)25(33)28-24-16(2)30-32(18(24)4)14-20-6-5-7-22(26)12-20/h5-12H,13-14H2,1-4H3,(H,28,33). The summed E-state index contributed by atoms with van der Waals surface area (Å²) in [6.07, 6.45) is 0. The number of aryl methyl sites for hydroxylation is 2. The van der Waals surface area contributed by atoms with Gasteiger partial charge in [0.2, 0.25) is 0 Å². The monoisotopic (exact) mass is 481 g/mol. The molecular weight excluding hydrogens is 457 g/mol. The highest BCUT2D eigenvalue weighted by molar-refractivity contribution is 6.31. The number of hydrogen-bond acceptors (Lipinski definition) is 3. The zero-order valence-corrected chi connectivity index (χ0v) is 20.5. The second-order valence-electron chi connectivity index (χ2n) is 8.13. The molecule has 0 radical (unpaired) electrons. The highest BCUT2D eigenvalue weighted by atomic mass is 35.5. The molecule has 170 valence electrons. The first-order valence-corrected chi connectivity index (χ1v) is 11.4. The van der Waals surface area contributed by atoms with E-state index in [1.807, 2.05) is 85.6 Å². The van der Waals surface area contributed by atoms with E-state index in [2.05, 4.69) is 15.5 Å². The van der Waals surface area contributed by atoms with Crippen LogP contribution in [0.1, 0.15) is 44.3 Å². The molecule has 0 aliphatic carbocycles. The molecule has 33 heavy (non-hydrogen) atoms. The number of hydrogen-bond donors (Lipinski definition) is 1. The van der Waals surface area contributed by atoms with Gasteiger partial charge >= 0.3 is 0 Å². The molecule has 2 heterocycles. The van der Waals surface area contributed by atoms with Crippen molar-refractivity contribution in [3.05, 3.63) is 98.0 Å². The number of halogens is 2. The molecule has 0 unspecified atom stereocenters. The van der Waals surface area contributed by atoms with Crippen LogP contribution in [0.2, 0.25) is 10.0 Å². The SMILES string of the molecule is Cc1nn(Cc2ccc(C(=O)Nc3c(C)nn(Cc4cccc(Cl)c4)c3C)cc2)c(C)c1Cl. The van der Waals surface area contributed by atoms with Gasteiger partial charge < -0.3 is 5.32 Å². The number of nitrogens with one attached hydrogen (secondary N) is 1. The quantitative estimate of drug-likeness (QED) is 0.368. The van der Waals surface area contributed by atoms with Crippen LogP contribution in [-0.2, 0) is 13.1 Å². The Morgan fingerprint density at radius 2 is 1.48 bits per heavy atom. The number of anilines is 1. The maximum absolute atomic E-state index is 12.9. The molecule has 1 amide bonds. The van der Waals surface area contributed by atoms with Gasteiger partial charge in [0.1, 0.15) is 0 Å². The van der Waals surface area contributed by atoms with Gasteiger partial charge in [-0.05, 0) is 63.1 Å². The number of rotatable bonds is 6. The fourth-order valence-corrected chi connectivity index (χ4v) is 4.14. The molecule has 0 spiro atoms. The van der Waals surface area contributed by atoms with E-state index in [1.165, 1.54) is 0 Å². The topological polar surface area (TPSA) is 64.7 Å². The van der Waals surface area contributed by atoms with Crippen LogP contribution in [0.4, 0.5) is 5.69 Å². The number of carbonyl (C=O) groups is 1. The van der Waals surface area contributed by atoms with E-state index in [0.29, 0.717) is 28.7 Å². The van der Waals surface area contributed by atoms with Crippen molar-refractivity contribution in [3.8, 4) is 0 Å². The zero-order valence-electron chi connectivity index (χ0n) is 19.0. The smallest absolute Gasteiger partial charge is 0.255 e. The lowest BCUT2D eigenvalue weighted by atomic mass is 10.1. The molecule has 0 bridgehead atoms. The van der Waals surface area contributed by atoms with Crippen LogP contribution in [0.3, 0.4) is 0 Å². The maximum atomic E-state index is 12.9. The lowest BCUT2D eigenvalue weighted by Crippen LogP contribution is -2.13. The Hall–Kier alpha value is -3.09. The third-order valence-corrected chi connectivity index (χ3v) is 6.47. The normalized spacial score (nSPS) is 11.1. The van der Waals surface area contributed by atoms with Crippen LogP contribution < -0.4 is 5.32 Å². The van der Waals surface area contributed by atoms with E-state index in [4.69, 9.17) is 23.2 Å². The maximum Gasteiger partial charge on any atom is 0.255 e. The minimum Gasteiger partial charge on any atom is -0.319 e. The van der Waals surface area contributed by atoms with Crippen molar-refractivity contribution in [1.29, 1.82) is 0 Å². The van der Waals surface area contributed by atoms with Gasteiger partial charge in [-0.25, -0.2) is 0 Å². The average molecular weight is 482 g/mol. The molecule has 1 N–H and O–H groups in total. The summed E-state index contributed by atoms with van der Waals surface area (Å²) in [4.78, 5) is 12.9. The number of carbonyl (C=O) groups excluding carboxylic acids is 1. The van der Waals surface area contributed by atoms with Crippen molar-refractivity contribution >= 4 is 34.8 Å². The highest BCUT2D eigenvalue weighted by Gasteiger charge is 2.16. The fraction of sp³-hybridized carbons (Fsp3) is 0.240. The van der Waals surface area contributed by atoms with Crippen molar-refractivity contribution in [2.45, 2.75) is 40.8 Å². The molecule has 8 heteroatoms. The molecule has 4 aromatic rings. The average Bonchev–Trinajstić information content (AvgIpc) is 3.18. The molecule has 0 atom stereocenters. The van der Waals surface area contributed by atoms with E-state index in [-0.39, 0.29) is 5.91 Å². The lowest BCUT2D eigenvalue weighted by molar-refractivity contribution is 0.102. The Morgan fingerprint density at radius 3 is 2.12 bits per heavy atom. The van der Waals surface area contributed by atoms with Crippen molar-refractivity contribution < 1.29 is 4.79 Å². The number of aromatic nitrogens is 4. The van der Waals surface area contributed by atoms with Crippen molar-refractivity contribution in [2.24, 2.45) is 0 Å². The van der Waals surface area contributed by atoms with E-state index in [0.717, 1.165) is 39.6 Å². The lowest BCUT2D eigenvalue weighted by Gasteiger charge is -2.09. The van der Waals surface area contributed by atoms with Crippen LogP contribution in [0.15, 0.2) is 48.5 Å². The van der Waals surface area contributed by atoms with Crippen LogP contribution in [-0.4, -0.2) is 25.5 Å². The van der Waals surface area contributed by atoms with Crippen LogP contribution in [0, 0.1) is 27.7 Å². The van der Waals surface area contributed by atoms with Gasteiger partial charge in [0, 0.05) is 10.6 Å². The fourth-order valence-electron chi connectivity index (χ4n) is 3.79. The molecular formula is C25H25Cl2N5O. The number of benzene rings is 2. The van der Waals surface area contributed by atoms with Gasteiger partial charge in [-0.3, -0.25) is 14.2 Å². The first-order chi connectivity index (χ1) is 15.7. The third kappa shape index (κ3) is 4.97. The molecule has 2 aromatic heterocycles. The van der Waals surface area contributed by atoms with Gasteiger partial charge in [0.15, 0.2) is 0 Å². The molecule has 2 aromatic carbocycles. The third-order valence-electron chi connectivity index (χ3n) is 5.68. The van der Waals surface area contributed by atoms with Crippen LogP contribution in [0.5, 0.6) is 0 Å². The van der Waals surface area contributed by atoms with Gasteiger partial charge in [-0.2, -0.15) is 10.2 Å². The highest BCUT2D eigenvalue weighted by Crippen LogP contribution is 2.23. The summed E-state index contributed by atoms with van der Waals surface area (Å²) in [5, 5.41) is 13.5. The number of amides is 1. The Morgan fingerprint density at radius 1 is 0.848 bits per heavy atom. The predicted octanol–water partition coefficient (Wildman–Crippen LogP) is 5.97. The van der Waals surface area contributed by atoms with E-state index >= 15 is 0 Å². The minimum absolute atomic E-state index is 0.177. The van der Waals surface area contributed by atoms with Gasteiger partial charge in [-0.1, -0.05) is 47.5 Å². The van der Waals surface area contributed by atoms with E-state index < -0.39 is 0 Å². The largest absolute Gasteiger partial charge is 0.319 e. The number of nitrogens with zero attached hydrogens (tertiary/aromatic N) is 4. The summed E-state index contributed by atoms with van der Waals surface area (Å²) >= 11 is 12.3. The molecule has 0 saturated carbocycles. The summed E-state index contributed by atoms with van der Waals surface area (Å²) in [5.41, 5.74) is 6.78. The van der Waals surface area contributed by atoms with Crippen LogP contribution in [0.25, 0.3) is 0 Å². The van der Waals surface area contributed by atoms with Gasteiger partial charge in [-0.15, -0.1) is 0 Å². The molecule has 0 saturated heterocycles. The van der Waals surface area contributed by atoms with Crippen molar-refractivity contribution in [2.75, 3.05) is 5.32 Å². The van der Waals surface area contributed by atoms with Crippen molar-refractivity contribution in [3.63, 3.8) is 0 Å². The molecule has 6 nitrogen and oxygen atoms in total. The predicted molar refractivity (Wildman–Crippen MR) is 132 cm³/mol. The summed E-state index contributed by atoms with van der Waals surface area (Å²) < 4.78 is 3.74. The van der Waals surface area contributed by atoms with Crippen LogP contribution >= 0.6 is 23.2 Å². The molecule has 4 rings (SSSR count). The van der Waals surface area contributed by atoms with E-state index in [1.54, 1.807) is 0 Å².